The maximum Gasteiger partial charge on any atom is 0.231 e. The molecule has 4 nitrogen and oxygen atoms in total. The minimum Gasteiger partial charge on any atom is -0.438 e. The molecule has 0 unspecified atom stereocenters. The van der Waals surface area contributed by atoms with Crippen molar-refractivity contribution in [1.29, 1.82) is 0 Å². The van der Waals surface area contributed by atoms with Crippen molar-refractivity contribution in [2.45, 2.75) is 45.6 Å². The highest BCUT2D eigenvalue weighted by molar-refractivity contribution is 7.18. The summed E-state index contributed by atoms with van der Waals surface area (Å²) < 4.78 is 6.13. The van der Waals surface area contributed by atoms with Gasteiger partial charge in [0, 0.05) is 4.88 Å². The van der Waals surface area contributed by atoms with E-state index in [1.165, 1.54) is 23.3 Å². The van der Waals surface area contributed by atoms with Gasteiger partial charge >= 0.3 is 0 Å². The predicted octanol–water partition coefficient (Wildman–Crippen LogP) is 4.72. The Balaban J connectivity index is 1.81. The van der Waals surface area contributed by atoms with E-state index in [0.717, 1.165) is 34.4 Å². The Labute approximate surface area is 145 Å². The standard InChI is InChI=1S/C19H20N2O2S/c1-11(22)13-6-5-7-14(10-13)23-18-17-15-8-3-4-9-16(15)24-19(17)21-12(2)20-18/h5-7,10-11,22H,3-4,8-9H2,1-2H3/t11-/m1/s1. The average molecular weight is 340 g/mol. The molecule has 124 valence electrons. The first-order valence-corrected chi connectivity index (χ1v) is 9.18. The lowest BCUT2D eigenvalue weighted by Crippen LogP contribution is -2.00. The molecule has 4 rings (SSSR count). The lowest BCUT2D eigenvalue weighted by molar-refractivity contribution is 0.199. The summed E-state index contributed by atoms with van der Waals surface area (Å²) in [5, 5.41) is 10.8. The summed E-state index contributed by atoms with van der Waals surface area (Å²) in [6.45, 7) is 3.65. The zero-order valence-electron chi connectivity index (χ0n) is 13.9. The van der Waals surface area contributed by atoms with Crippen molar-refractivity contribution in [1.82, 2.24) is 9.97 Å². The van der Waals surface area contributed by atoms with E-state index in [9.17, 15) is 5.11 Å². The van der Waals surface area contributed by atoms with Gasteiger partial charge in [-0.15, -0.1) is 11.3 Å². The Bertz CT molecular complexity index is 902. The van der Waals surface area contributed by atoms with Crippen LogP contribution >= 0.6 is 11.3 Å². The number of aromatic nitrogens is 2. The molecular formula is C19H20N2O2S. The second kappa shape index (κ2) is 6.15. The molecule has 24 heavy (non-hydrogen) atoms. The number of benzene rings is 1. The van der Waals surface area contributed by atoms with Crippen molar-refractivity contribution in [2.24, 2.45) is 0 Å². The van der Waals surface area contributed by atoms with Gasteiger partial charge in [0.25, 0.3) is 0 Å². The van der Waals surface area contributed by atoms with E-state index in [4.69, 9.17) is 4.74 Å². The molecule has 0 radical (unpaired) electrons. The second-order valence-corrected chi connectivity index (χ2v) is 7.40. The molecule has 0 spiro atoms. The summed E-state index contributed by atoms with van der Waals surface area (Å²) in [4.78, 5) is 11.6. The molecule has 2 aromatic heterocycles. The number of hydrogen-bond donors (Lipinski definition) is 1. The van der Waals surface area contributed by atoms with Crippen molar-refractivity contribution in [3.05, 3.63) is 46.1 Å². The van der Waals surface area contributed by atoms with Crippen molar-refractivity contribution >= 4 is 21.6 Å². The second-order valence-electron chi connectivity index (χ2n) is 6.32. The molecule has 1 aliphatic carbocycles. The first-order chi connectivity index (χ1) is 11.6. The van der Waals surface area contributed by atoms with Crippen molar-refractivity contribution < 1.29 is 9.84 Å². The molecular weight excluding hydrogens is 320 g/mol. The van der Waals surface area contributed by atoms with Gasteiger partial charge in [0.15, 0.2) is 0 Å². The first-order valence-electron chi connectivity index (χ1n) is 8.36. The van der Waals surface area contributed by atoms with Gasteiger partial charge in [0.1, 0.15) is 16.4 Å². The summed E-state index contributed by atoms with van der Waals surface area (Å²) in [6.07, 6.45) is 4.15. The zero-order chi connectivity index (χ0) is 16.7. The van der Waals surface area contributed by atoms with Gasteiger partial charge in [-0.2, -0.15) is 4.98 Å². The van der Waals surface area contributed by atoms with Gasteiger partial charge in [-0.25, -0.2) is 4.98 Å². The van der Waals surface area contributed by atoms with Gasteiger partial charge in [-0.3, -0.25) is 0 Å². The van der Waals surface area contributed by atoms with Crippen LogP contribution in [-0.2, 0) is 12.8 Å². The van der Waals surface area contributed by atoms with Crippen LogP contribution in [0, 0.1) is 6.92 Å². The summed E-state index contributed by atoms with van der Waals surface area (Å²) in [7, 11) is 0. The molecule has 1 N–H and O–H groups in total. The summed E-state index contributed by atoms with van der Waals surface area (Å²) in [5.74, 6) is 2.06. The molecule has 1 atom stereocenters. The van der Waals surface area contributed by atoms with E-state index in [2.05, 4.69) is 9.97 Å². The van der Waals surface area contributed by atoms with Gasteiger partial charge < -0.3 is 9.84 Å². The van der Waals surface area contributed by atoms with Gasteiger partial charge in [-0.05, 0) is 62.8 Å². The van der Waals surface area contributed by atoms with Crippen LogP contribution in [0.4, 0.5) is 0 Å². The van der Waals surface area contributed by atoms with Gasteiger partial charge in [0.05, 0.1) is 11.5 Å². The number of aryl methyl sites for hydroxylation is 3. The topological polar surface area (TPSA) is 55.2 Å². The number of aliphatic hydroxyl groups is 1. The van der Waals surface area contributed by atoms with E-state index in [1.807, 2.05) is 31.2 Å². The summed E-state index contributed by atoms with van der Waals surface area (Å²) in [5.41, 5.74) is 2.20. The third-order valence-corrected chi connectivity index (χ3v) is 5.63. The Morgan fingerprint density at radius 3 is 2.88 bits per heavy atom. The lowest BCUT2D eigenvalue weighted by atomic mass is 9.97. The maximum absolute atomic E-state index is 9.78. The van der Waals surface area contributed by atoms with Crippen LogP contribution in [0.1, 0.15) is 47.7 Å². The molecule has 2 heterocycles. The fourth-order valence-electron chi connectivity index (χ4n) is 3.25. The van der Waals surface area contributed by atoms with Crippen molar-refractivity contribution in [3.63, 3.8) is 0 Å². The van der Waals surface area contributed by atoms with Crippen LogP contribution < -0.4 is 4.74 Å². The van der Waals surface area contributed by atoms with Gasteiger partial charge in [0.2, 0.25) is 5.88 Å². The van der Waals surface area contributed by atoms with Crippen LogP contribution in [-0.4, -0.2) is 15.1 Å². The van der Waals surface area contributed by atoms with Crippen LogP contribution in [0.5, 0.6) is 11.6 Å². The minimum absolute atomic E-state index is 0.519. The number of aliphatic hydroxyl groups excluding tert-OH is 1. The molecule has 5 heteroatoms. The molecule has 1 aliphatic rings. The van der Waals surface area contributed by atoms with Crippen molar-refractivity contribution in [3.8, 4) is 11.6 Å². The molecule has 1 aromatic carbocycles. The average Bonchev–Trinajstić information content (AvgIpc) is 2.93. The molecule has 0 fully saturated rings. The maximum atomic E-state index is 9.78. The van der Waals surface area contributed by atoms with E-state index in [-0.39, 0.29) is 0 Å². The molecule has 0 bridgehead atoms. The fraction of sp³-hybridized carbons (Fsp3) is 0.368. The molecule has 0 aliphatic heterocycles. The van der Waals surface area contributed by atoms with Crippen molar-refractivity contribution in [2.75, 3.05) is 0 Å². The highest BCUT2D eigenvalue weighted by atomic mass is 32.1. The third-order valence-electron chi connectivity index (χ3n) is 4.45. The van der Waals surface area contributed by atoms with E-state index < -0.39 is 6.10 Å². The van der Waals surface area contributed by atoms with Crippen LogP contribution in [0.2, 0.25) is 0 Å². The van der Waals surface area contributed by atoms with Crippen LogP contribution in [0.3, 0.4) is 0 Å². The number of fused-ring (bicyclic) bond motifs is 3. The number of rotatable bonds is 3. The molecule has 3 aromatic rings. The number of ether oxygens (including phenoxy) is 1. The zero-order valence-corrected chi connectivity index (χ0v) is 14.7. The highest BCUT2D eigenvalue weighted by Crippen LogP contribution is 2.40. The quantitative estimate of drug-likeness (QED) is 0.749. The fourth-order valence-corrected chi connectivity index (χ4v) is 4.55. The van der Waals surface area contributed by atoms with E-state index in [1.54, 1.807) is 18.3 Å². The van der Waals surface area contributed by atoms with Gasteiger partial charge in [-0.1, -0.05) is 12.1 Å². The normalized spacial score (nSPS) is 15.3. The largest absolute Gasteiger partial charge is 0.438 e. The van der Waals surface area contributed by atoms with E-state index >= 15 is 0 Å². The first kappa shape index (κ1) is 15.5. The Kier molecular flexibility index (Phi) is 3.98. The molecule has 0 amide bonds. The van der Waals surface area contributed by atoms with Crippen LogP contribution in [0.15, 0.2) is 24.3 Å². The summed E-state index contributed by atoms with van der Waals surface area (Å²) >= 11 is 1.78. The Hall–Kier alpha value is -1.98. The molecule has 0 saturated carbocycles. The lowest BCUT2D eigenvalue weighted by Gasteiger charge is -2.13. The summed E-state index contributed by atoms with van der Waals surface area (Å²) in [6, 6.07) is 7.55. The monoisotopic (exact) mass is 340 g/mol. The Morgan fingerprint density at radius 1 is 1.21 bits per heavy atom. The van der Waals surface area contributed by atoms with Crippen LogP contribution in [0.25, 0.3) is 10.2 Å². The highest BCUT2D eigenvalue weighted by Gasteiger charge is 2.21. The Morgan fingerprint density at radius 2 is 2.04 bits per heavy atom. The number of hydrogen-bond acceptors (Lipinski definition) is 5. The number of nitrogens with zero attached hydrogens (tertiary/aromatic N) is 2. The third kappa shape index (κ3) is 2.78. The molecule has 0 saturated heterocycles. The SMILES string of the molecule is Cc1nc(Oc2cccc([C@@H](C)O)c2)c2c3c(sc2n1)CCCC3. The number of thiophene rings is 1. The van der Waals surface area contributed by atoms with E-state index in [0.29, 0.717) is 11.6 Å². The predicted molar refractivity (Wildman–Crippen MR) is 95.9 cm³/mol. The minimum atomic E-state index is -0.519. The smallest absolute Gasteiger partial charge is 0.231 e.